The number of aryl methyl sites for hydroxylation is 1. The number of amides is 3. The van der Waals surface area contributed by atoms with E-state index in [-0.39, 0.29) is 59.1 Å². The molecule has 1 saturated carbocycles. The van der Waals surface area contributed by atoms with Crippen molar-refractivity contribution in [1.82, 2.24) is 39.5 Å². The summed E-state index contributed by atoms with van der Waals surface area (Å²) < 4.78 is 33.1. The highest BCUT2D eigenvalue weighted by Gasteiger charge is 2.42. The molecule has 1 aliphatic carbocycles. The van der Waals surface area contributed by atoms with Crippen molar-refractivity contribution in [2.75, 3.05) is 80.6 Å². The highest BCUT2D eigenvalue weighted by atomic mass is 19.1. The van der Waals surface area contributed by atoms with E-state index in [2.05, 4.69) is 35.3 Å². The number of Topliss-reactive ketones (excluding diaryl/α,β-unsaturated/α-hetero) is 1. The third-order valence-corrected chi connectivity index (χ3v) is 13.1. The average Bonchev–Trinajstić information content (AvgIpc) is 3.89. The first-order valence-electron chi connectivity index (χ1n) is 21.2. The molecule has 3 saturated heterocycles. The Morgan fingerprint density at radius 1 is 0.885 bits per heavy atom. The number of anilines is 4. The smallest absolute Gasteiger partial charge is 0.263 e. The first-order chi connectivity index (χ1) is 29.4. The van der Waals surface area contributed by atoms with E-state index in [1.54, 1.807) is 22.6 Å². The molecule has 0 spiro atoms. The van der Waals surface area contributed by atoms with E-state index in [0.29, 0.717) is 54.5 Å². The Morgan fingerprint density at radius 3 is 2.21 bits per heavy atom. The van der Waals surface area contributed by atoms with Gasteiger partial charge in [-0.25, -0.2) is 18.7 Å². The number of halogens is 2. The molecule has 18 heteroatoms. The number of carbonyl (C=O) groups is 4. The standard InChI is InChI=1S/C43H49F2N11O5/c1-25-30-23-47-43(50-39(30)56(27-5-3-4-6-27)42(61)36(25)26(2)57)48-34-9-7-28(22-46-34)53-17-13-51(14-18-53)11-12-52-15-19-54(20-16-52)38-32(44)21-29-31(37(38)45)24-55(41(29)60)33-8-10-35(58)49-40(33)59/h7,9,21-23,27,33H,3-6,8,10-20,24H2,1-2H3,(H,49,58,59)(H,46,47,48,50). The predicted molar refractivity (Wildman–Crippen MR) is 223 cm³/mol. The van der Waals surface area contributed by atoms with Crippen molar-refractivity contribution in [2.24, 2.45) is 0 Å². The lowest BCUT2D eigenvalue weighted by molar-refractivity contribution is -0.136. The second-order valence-corrected chi connectivity index (χ2v) is 16.7. The van der Waals surface area contributed by atoms with Crippen molar-refractivity contribution in [3.8, 4) is 0 Å². The Hall–Kier alpha value is -5.88. The molecule has 5 aliphatic rings. The largest absolute Gasteiger partial charge is 0.368 e. The fraction of sp³-hybridized carbons (Fsp3) is 0.488. The summed E-state index contributed by atoms with van der Waals surface area (Å²) in [4.78, 5) is 87.1. The van der Waals surface area contributed by atoms with Gasteiger partial charge < -0.3 is 20.0 Å². The highest BCUT2D eigenvalue weighted by molar-refractivity contribution is 6.05. The van der Waals surface area contributed by atoms with Crippen LogP contribution in [0, 0.1) is 18.6 Å². The molecular weight excluding hydrogens is 789 g/mol. The fourth-order valence-corrected chi connectivity index (χ4v) is 9.69. The summed E-state index contributed by atoms with van der Waals surface area (Å²) in [5.41, 5.74) is 1.91. The molecule has 2 N–H and O–H groups in total. The molecule has 9 rings (SSSR count). The van der Waals surface area contributed by atoms with Crippen molar-refractivity contribution in [2.45, 2.75) is 71.0 Å². The van der Waals surface area contributed by atoms with Crippen LogP contribution in [0.1, 0.15) is 83.3 Å². The maximum atomic E-state index is 15.9. The summed E-state index contributed by atoms with van der Waals surface area (Å²) in [6, 6.07) is 4.08. The molecule has 320 valence electrons. The number of hydrogen-bond acceptors (Lipinski definition) is 13. The van der Waals surface area contributed by atoms with Gasteiger partial charge in [-0.1, -0.05) is 12.8 Å². The zero-order chi connectivity index (χ0) is 42.5. The van der Waals surface area contributed by atoms with Gasteiger partial charge in [-0.05, 0) is 56.9 Å². The number of pyridine rings is 2. The van der Waals surface area contributed by atoms with Crippen LogP contribution in [0.2, 0.25) is 0 Å². The zero-order valence-electron chi connectivity index (χ0n) is 34.4. The first-order valence-corrected chi connectivity index (χ1v) is 21.2. The maximum absolute atomic E-state index is 15.9. The molecular formula is C43H49F2N11O5. The van der Waals surface area contributed by atoms with Crippen LogP contribution in [0.4, 0.5) is 31.9 Å². The molecule has 1 aromatic carbocycles. The lowest BCUT2D eigenvalue weighted by Crippen LogP contribution is -2.52. The van der Waals surface area contributed by atoms with Gasteiger partial charge in [0.1, 0.15) is 29.0 Å². The number of fused-ring (bicyclic) bond motifs is 2. The lowest BCUT2D eigenvalue weighted by atomic mass is 10.0. The molecule has 4 aliphatic heterocycles. The minimum atomic E-state index is -0.901. The molecule has 16 nitrogen and oxygen atoms in total. The quantitative estimate of drug-likeness (QED) is 0.176. The van der Waals surface area contributed by atoms with E-state index in [4.69, 9.17) is 4.98 Å². The summed E-state index contributed by atoms with van der Waals surface area (Å²) in [6.45, 7) is 10.3. The Balaban J connectivity index is 0.762. The zero-order valence-corrected chi connectivity index (χ0v) is 34.4. The summed E-state index contributed by atoms with van der Waals surface area (Å²) in [5.74, 6) is -2.54. The summed E-state index contributed by atoms with van der Waals surface area (Å²) >= 11 is 0. The SMILES string of the molecule is CC(=O)c1c(C)c2cnc(Nc3ccc(N4CCN(CCN5CCN(c6c(F)cc7c(c6F)CN(C6CCC(=O)NC6=O)C7=O)CC5)CC4)cn3)nc2n(C2CCCC2)c1=O. The first kappa shape index (κ1) is 40.5. The van der Waals surface area contributed by atoms with Gasteiger partial charge in [-0.3, -0.25) is 43.7 Å². The second kappa shape index (κ2) is 16.5. The van der Waals surface area contributed by atoms with Crippen molar-refractivity contribution in [3.05, 3.63) is 74.8 Å². The van der Waals surface area contributed by atoms with Gasteiger partial charge in [0.05, 0.1) is 29.6 Å². The van der Waals surface area contributed by atoms with Crippen molar-refractivity contribution in [3.63, 3.8) is 0 Å². The monoisotopic (exact) mass is 837 g/mol. The molecule has 3 amide bonds. The van der Waals surface area contributed by atoms with Crippen molar-refractivity contribution < 1.29 is 28.0 Å². The number of nitrogens with one attached hydrogen (secondary N) is 2. The molecule has 61 heavy (non-hydrogen) atoms. The summed E-state index contributed by atoms with van der Waals surface area (Å²) in [5, 5.41) is 6.12. The number of piperidine rings is 1. The molecule has 1 atom stereocenters. The van der Waals surface area contributed by atoms with Crippen LogP contribution in [-0.4, -0.2) is 129 Å². The molecule has 7 heterocycles. The van der Waals surface area contributed by atoms with E-state index in [1.165, 1.54) is 11.8 Å². The number of hydrogen-bond donors (Lipinski definition) is 2. The van der Waals surface area contributed by atoms with Gasteiger partial charge in [0, 0.05) is 95.1 Å². The number of ketones is 1. The molecule has 4 fully saturated rings. The van der Waals surface area contributed by atoms with Crippen molar-refractivity contribution in [1.29, 1.82) is 0 Å². The Morgan fingerprint density at radius 2 is 1.57 bits per heavy atom. The van der Waals surface area contributed by atoms with Gasteiger partial charge in [-0.2, -0.15) is 4.98 Å². The van der Waals surface area contributed by atoms with E-state index in [1.807, 2.05) is 18.3 Å². The normalized spacial score (nSPS) is 20.5. The van der Waals surface area contributed by atoms with E-state index in [0.717, 1.165) is 76.7 Å². The molecule has 3 aromatic heterocycles. The number of benzene rings is 1. The number of carbonyl (C=O) groups excluding carboxylic acids is 4. The molecule has 4 aromatic rings. The topological polar surface area (TPSA) is 169 Å². The van der Waals surface area contributed by atoms with Crippen LogP contribution in [0.15, 0.2) is 35.4 Å². The van der Waals surface area contributed by atoms with Crippen molar-refractivity contribution >= 4 is 57.7 Å². The van der Waals surface area contributed by atoms with Crippen LogP contribution in [-0.2, 0) is 16.1 Å². The maximum Gasteiger partial charge on any atom is 0.263 e. The van der Waals surface area contributed by atoms with Crippen LogP contribution in [0.25, 0.3) is 11.0 Å². The molecule has 1 unspecified atom stereocenters. The number of imide groups is 1. The second-order valence-electron chi connectivity index (χ2n) is 16.7. The number of piperazine rings is 2. The van der Waals surface area contributed by atoms with Crippen LogP contribution in [0.3, 0.4) is 0 Å². The van der Waals surface area contributed by atoms with E-state index >= 15 is 8.78 Å². The third-order valence-electron chi connectivity index (χ3n) is 13.1. The van der Waals surface area contributed by atoms with E-state index < -0.39 is 35.4 Å². The van der Waals surface area contributed by atoms with Crippen LogP contribution >= 0.6 is 0 Å². The minimum absolute atomic E-state index is 0.00755. The van der Waals surface area contributed by atoms with Crippen LogP contribution in [0.5, 0.6) is 0 Å². The van der Waals surface area contributed by atoms with Gasteiger partial charge >= 0.3 is 0 Å². The fourth-order valence-electron chi connectivity index (χ4n) is 9.69. The summed E-state index contributed by atoms with van der Waals surface area (Å²) in [7, 11) is 0. The van der Waals surface area contributed by atoms with Gasteiger partial charge in [-0.15, -0.1) is 0 Å². The average molecular weight is 838 g/mol. The molecule has 0 bridgehead atoms. The third kappa shape index (κ3) is 7.71. The highest BCUT2D eigenvalue weighted by Crippen LogP contribution is 2.37. The van der Waals surface area contributed by atoms with Gasteiger partial charge in [0.2, 0.25) is 17.8 Å². The predicted octanol–water partition coefficient (Wildman–Crippen LogP) is 3.54. The molecule has 0 radical (unpaired) electrons. The number of rotatable bonds is 10. The number of nitrogens with zero attached hydrogens (tertiary/aromatic N) is 9. The lowest BCUT2D eigenvalue weighted by Gasteiger charge is -2.39. The van der Waals surface area contributed by atoms with E-state index in [9.17, 15) is 24.0 Å². The Bertz CT molecular complexity index is 2480. The van der Waals surface area contributed by atoms with Gasteiger partial charge in [0.15, 0.2) is 11.6 Å². The number of aromatic nitrogens is 4. The minimum Gasteiger partial charge on any atom is -0.368 e. The summed E-state index contributed by atoms with van der Waals surface area (Å²) in [6.07, 6.45) is 7.52. The Labute approximate surface area is 350 Å². The Kier molecular flexibility index (Phi) is 11.0. The van der Waals surface area contributed by atoms with Crippen LogP contribution < -0.4 is 26.0 Å². The van der Waals surface area contributed by atoms with Gasteiger partial charge in [0.25, 0.3) is 11.5 Å².